The minimum Gasteiger partial charge on any atom is -0.506 e. The van der Waals surface area contributed by atoms with Crippen LogP contribution in [-0.2, 0) is 5.41 Å². The highest BCUT2D eigenvalue weighted by atomic mass is 16.4. The van der Waals surface area contributed by atoms with Crippen molar-refractivity contribution in [3.05, 3.63) is 87.3 Å². The molecule has 0 atom stereocenters. The number of benzene rings is 2. The highest BCUT2D eigenvalue weighted by Crippen LogP contribution is 2.33. The molecular formula is C34H41N2O4+. The lowest BCUT2D eigenvalue weighted by Crippen LogP contribution is -2.29. The van der Waals surface area contributed by atoms with Crippen LogP contribution in [0.25, 0.3) is 34.4 Å². The van der Waals surface area contributed by atoms with Crippen LogP contribution < -0.4 is 20.5 Å². The maximum atomic E-state index is 12.8. The molecule has 1 aliphatic carbocycles. The maximum absolute atomic E-state index is 12.8. The van der Waals surface area contributed by atoms with Crippen LogP contribution in [0.5, 0.6) is 5.75 Å². The SMILES string of the molecule is CCN(CC)c1ccc2c(O)c(/C=C/C=C/c3cc(C(C)(C)C)oc4cc(=[N+](CC)CC)ccc3-4)c(=O)oc2c1. The topological polar surface area (TPSA) is 69.8 Å². The van der Waals surface area contributed by atoms with Crippen LogP contribution in [0.1, 0.15) is 65.4 Å². The Morgan fingerprint density at radius 3 is 2.25 bits per heavy atom. The molecule has 0 radical (unpaired) electrons. The molecule has 210 valence electrons. The van der Waals surface area contributed by atoms with Crippen molar-refractivity contribution in [2.24, 2.45) is 0 Å². The van der Waals surface area contributed by atoms with Crippen LogP contribution in [0, 0.1) is 0 Å². The summed E-state index contributed by atoms with van der Waals surface area (Å²) in [4.78, 5) is 14.9. The summed E-state index contributed by atoms with van der Waals surface area (Å²) in [5, 5.41) is 12.5. The van der Waals surface area contributed by atoms with E-state index in [1.165, 1.54) is 0 Å². The van der Waals surface area contributed by atoms with E-state index < -0.39 is 5.63 Å². The van der Waals surface area contributed by atoms with Gasteiger partial charge in [-0.25, -0.2) is 9.37 Å². The van der Waals surface area contributed by atoms with E-state index in [0.717, 1.165) is 59.9 Å². The molecule has 4 rings (SSSR count). The molecule has 0 saturated heterocycles. The number of hydrogen-bond donors (Lipinski definition) is 1. The largest absolute Gasteiger partial charge is 0.506 e. The van der Waals surface area contributed by atoms with E-state index in [4.69, 9.17) is 8.83 Å². The summed E-state index contributed by atoms with van der Waals surface area (Å²) in [6.07, 6.45) is 7.20. The van der Waals surface area contributed by atoms with Gasteiger partial charge in [0.1, 0.15) is 41.5 Å². The molecule has 2 aliphatic rings. The average molecular weight is 542 g/mol. The zero-order valence-corrected chi connectivity index (χ0v) is 24.7. The van der Waals surface area contributed by atoms with E-state index >= 15 is 0 Å². The van der Waals surface area contributed by atoms with Crippen molar-refractivity contribution in [1.82, 2.24) is 4.58 Å². The zero-order valence-electron chi connectivity index (χ0n) is 24.7. The van der Waals surface area contributed by atoms with Gasteiger partial charge >= 0.3 is 5.63 Å². The first-order valence-corrected chi connectivity index (χ1v) is 14.2. The lowest BCUT2D eigenvalue weighted by atomic mass is 9.90. The van der Waals surface area contributed by atoms with Crippen molar-refractivity contribution in [3.8, 4) is 17.1 Å². The first-order valence-electron chi connectivity index (χ1n) is 14.2. The number of nitrogens with zero attached hydrogens (tertiary/aromatic N) is 2. The molecule has 2 aromatic rings. The Morgan fingerprint density at radius 2 is 1.60 bits per heavy atom. The second kappa shape index (κ2) is 12.0. The van der Waals surface area contributed by atoms with Gasteiger partial charge in [0.25, 0.3) is 0 Å². The molecule has 2 heterocycles. The fraction of sp³-hybridized carbons (Fsp3) is 0.353. The van der Waals surface area contributed by atoms with Crippen molar-refractivity contribution in [2.75, 3.05) is 31.1 Å². The molecule has 1 aromatic carbocycles. The van der Waals surface area contributed by atoms with E-state index in [1.54, 1.807) is 24.3 Å². The minimum absolute atomic E-state index is 0.0788. The number of allylic oxidation sites excluding steroid dienone is 2. The molecular weight excluding hydrogens is 500 g/mol. The third-order valence-corrected chi connectivity index (χ3v) is 7.33. The van der Waals surface area contributed by atoms with Gasteiger partial charge in [0.15, 0.2) is 0 Å². The highest BCUT2D eigenvalue weighted by molar-refractivity contribution is 5.89. The first kappa shape index (κ1) is 28.9. The third kappa shape index (κ3) is 5.91. The Kier molecular flexibility index (Phi) is 8.67. The van der Waals surface area contributed by atoms with Crippen molar-refractivity contribution in [1.29, 1.82) is 0 Å². The molecule has 1 aliphatic heterocycles. The van der Waals surface area contributed by atoms with Crippen molar-refractivity contribution < 1.29 is 13.9 Å². The van der Waals surface area contributed by atoms with Gasteiger partial charge < -0.3 is 18.8 Å². The standard InChI is InChI=1S/C34H40N2O4/c1-8-35(9-2)24-16-18-26-23(20-31(34(5,6)7)39-29(26)21-24)14-12-13-15-28-32(37)27-19-17-25(36(10-3)11-4)22-30(27)40-33(28)38/h12-22H,8-11H2,1-7H3/p+1. The monoisotopic (exact) mass is 541 g/mol. The highest BCUT2D eigenvalue weighted by Gasteiger charge is 2.21. The third-order valence-electron chi connectivity index (χ3n) is 7.33. The smallest absolute Gasteiger partial charge is 0.347 e. The Balaban J connectivity index is 1.72. The van der Waals surface area contributed by atoms with Gasteiger partial charge in [-0.1, -0.05) is 39.0 Å². The van der Waals surface area contributed by atoms with Gasteiger partial charge in [-0.3, -0.25) is 0 Å². The molecule has 0 fully saturated rings. The molecule has 6 heteroatoms. The average Bonchev–Trinajstić information content (AvgIpc) is 2.93. The minimum atomic E-state index is -0.575. The molecule has 1 N–H and O–H groups in total. The van der Waals surface area contributed by atoms with E-state index in [-0.39, 0.29) is 16.7 Å². The van der Waals surface area contributed by atoms with Crippen LogP contribution in [0.3, 0.4) is 0 Å². The number of anilines is 1. The van der Waals surface area contributed by atoms with Crippen molar-refractivity contribution in [3.63, 3.8) is 0 Å². The molecule has 0 amide bonds. The number of aromatic hydroxyl groups is 1. The van der Waals surface area contributed by atoms with Gasteiger partial charge in [0, 0.05) is 41.9 Å². The quantitative estimate of drug-likeness (QED) is 0.150. The lowest BCUT2D eigenvalue weighted by Gasteiger charge is -2.21. The van der Waals surface area contributed by atoms with Crippen LogP contribution >= 0.6 is 0 Å². The van der Waals surface area contributed by atoms with Crippen molar-refractivity contribution in [2.45, 2.75) is 53.9 Å². The number of fused-ring (bicyclic) bond motifs is 2. The molecule has 0 bridgehead atoms. The van der Waals surface area contributed by atoms with E-state index in [1.807, 2.05) is 18.2 Å². The first-order chi connectivity index (χ1) is 19.1. The Hall–Kier alpha value is -4.06. The molecule has 1 aromatic heterocycles. The summed E-state index contributed by atoms with van der Waals surface area (Å²) in [6, 6.07) is 13.9. The second-order valence-corrected chi connectivity index (χ2v) is 10.9. The maximum Gasteiger partial charge on any atom is 0.347 e. The van der Waals surface area contributed by atoms with Crippen LogP contribution in [0.2, 0.25) is 0 Å². The number of rotatable bonds is 8. The van der Waals surface area contributed by atoms with E-state index in [0.29, 0.717) is 11.0 Å². The summed E-state index contributed by atoms with van der Waals surface area (Å²) < 4.78 is 14.3. The number of hydrogen-bond acceptors (Lipinski definition) is 5. The summed E-state index contributed by atoms with van der Waals surface area (Å²) in [7, 11) is 0. The van der Waals surface area contributed by atoms with Gasteiger partial charge in [0.2, 0.25) is 5.36 Å². The fourth-order valence-corrected chi connectivity index (χ4v) is 4.92. The Labute approximate surface area is 236 Å². The zero-order chi connectivity index (χ0) is 29.0. The van der Waals surface area contributed by atoms with Crippen LogP contribution in [0.15, 0.2) is 68.2 Å². The summed E-state index contributed by atoms with van der Waals surface area (Å²) in [5.41, 5.74) is 2.73. The predicted octanol–water partition coefficient (Wildman–Crippen LogP) is 6.88. The lowest BCUT2D eigenvalue weighted by molar-refractivity contribution is 0.404. The predicted molar refractivity (Wildman–Crippen MR) is 166 cm³/mol. The van der Waals surface area contributed by atoms with Crippen LogP contribution in [0.4, 0.5) is 5.69 Å². The van der Waals surface area contributed by atoms with E-state index in [9.17, 15) is 9.90 Å². The summed E-state index contributed by atoms with van der Waals surface area (Å²) in [6.45, 7) is 18.4. The van der Waals surface area contributed by atoms with Crippen LogP contribution in [-0.4, -0.2) is 31.3 Å². The van der Waals surface area contributed by atoms with Gasteiger partial charge in [0.05, 0.1) is 11.5 Å². The Morgan fingerprint density at radius 1 is 0.900 bits per heavy atom. The molecule has 40 heavy (non-hydrogen) atoms. The summed E-state index contributed by atoms with van der Waals surface area (Å²) in [5.74, 6) is 1.64. The normalized spacial score (nSPS) is 12.3. The van der Waals surface area contributed by atoms with Gasteiger partial charge in [-0.05, 0) is 63.6 Å². The van der Waals surface area contributed by atoms with Gasteiger partial charge in [-0.2, -0.15) is 0 Å². The van der Waals surface area contributed by atoms with Crippen molar-refractivity contribution >= 4 is 28.8 Å². The molecule has 0 unspecified atom stereocenters. The van der Waals surface area contributed by atoms with Gasteiger partial charge in [-0.15, -0.1) is 0 Å². The second-order valence-electron chi connectivity index (χ2n) is 10.9. The Bertz CT molecular complexity index is 1650. The fourth-order valence-electron chi connectivity index (χ4n) is 4.92. The molecule has 0 saturated carbocycles. The molecule has 0 spiro atoms. The summed E-state index contributed by atoms with van der Waals surface area (Å²) >= 11 is 0. The molecule has 6 nitrogen and oxygen atoms in total. The van der Waals surface area contributed by atoms with E-state index in [2.05, 4.69) is 82.2 Å².